The number of quaternary nitrogens is 1. The molecule has 442 valence electrons. The van der Waals surface area contributed by atoms with Crippen molar-refractivity contribution < 1.29 is 32.9 Å². The highest BCUT2D eigenvalue weighted by molar-refractivity contribution is 7.47. The van der Waals surface area contributed by atoms with Crippen molar-refractivity contribution in [3.63, 3.8) is 0 Å². The van der Waals surface area contributed by atoms with Crippen LogP contribution in [0, 0.1) is 0 Å². The summed E-state index contributed by atoms with van der Waals surface area (Å²) in [6, 6.07) is -0.842. The summed E-state index contributed by atoms with van der Waals surface area (Å²) in [6.07, 6.45) is 72.1. The number of aliphatic hydroxyl groups is 1. The molecule has 0 aliphatic rings. The van der Waals surface area contributed by atoms with E-state index in [4.69, 9.17) is 9.05 Å². The number of phosphoric acid groups is 1. The summed E-state index contributed by atoms with van der Waals surface area (Å²) in [5, 5.41) is 14.0. The normalized spacial score (nSPS) is 13.8. The van der Waals surface area contributed by atoms with Crippen molar-refractivity contribution in [2.45, 2.75) is 360 Å². The van der Waals surface area contributed by atoms with Gasteiger partial charge in [0.1, 0.15) is 13.2 Å². The van der Waals surface area contributed by atoms with Gasteiger partial charge in [-0.15, -0.1) is 0 Å². The van der Waals surface area contributed by atoms with Gasteiger partial charge in [0.15, 0.2) is 0 Å². The zero-order valence-corrected chi connectivity index (χ0v) is 51.5. The van der Waals surface area contributed by atoms with Crippen LogP contribution in [0.4, 0.5) is 0 Å². The third kappa shape index (κ3) is 58.9. The number of aliphatic hydroxyl groups excluding tert-OH is 1. The highest BCUT2D eigenvalue weighted by atomic mass is 31.2. The molecule has 1 amide bonds. The molecule has 0 bridgehead atoms. The van der Waals surface area contributed by atoms with Gasteiger partial charge in [0.05, 0.1) is 39.9 Å². The minimum Gasteiger partial charge on any atom is -0.387 e. The summed E-state index contributed by atoms with van der Waals surface area (Å²) < 4.78 is 23.8. The first-order valence-corrected chi connectivity index (χ1v) is 34.6. The van der Waals surface area contributed by atoms with Gasteiger partial charge in [0, 0.05) is 6.42 Å². The predicted molar refractivity (Wildman–Crippen MR) is 323 cm³/mol. The van der Waals surface area contributed by atoms with E-state index in [1.807, 2.05) is 27.2 Å². The summed E-state index contributed by atoms with van der Waals surface area (Å²) in [6.45, 7) is 4.88. The van der Waals surface area contributed by atoms with Gasteiger partial charge in [-0.25, -0.2) is 4.57 Å². The molecule has 3 atom stereocenters. The third-order valence-electron chi connectivity index (χ3n) is 15.5. The zero-order valence-electron chi connectivity index (χ0n) is 50.6. The first-order chi connectivity index (χ1) is 36.0. The molecule has 0 radical (unpaired) electrons. The second-order valence-electron chi connectivity index (χ2n) is 24.2. The van der Waals surface area contributed by atoms with Crippen LogP contribution >= 0.6 is 7.82 Å². The Morgan fingerprint density at radius 2 is 0.716 bits per heavy atom. The van der Waals surface area contributed by atoms with Crippen molar-refractivity contribution in [2.75, 3.05) is 40.9 Å². The van der Waals surface area contributed by atoms with Crippen molar-refractivity contribution in [3.8, 4) is 0 Å². The molecule has 3 N–H and O–H groups in total. The van der Waals surface area contributed by atoms with Crippen LogP contribution in [0.15, 0.2) is 12.2 Å². The van der Waals surface area contributed by atoms with Gasteiger partial charge in [-0.3, -0.25) is 13.8 Å². The molecular weight excluding hydrogens is 936 g/mol. The minimum atomic E-state index is -4.34. The molecule has 0 aliphatic carbocycles. The summed E-state index contributed by atoms with van der Waals surface area (Å²) in [5.41, 5.74) is 0. The maximum atomic E-state index is 13.0. The lowest BCUT2D eigenvalue weighted by molar-refractivity contribution is -0.870. The lowest BCUT2D eigenvalue weighted by atomic mass is 10.0. The van der Waals surface area contributed by atoms with E-state index < -0.39 is 20.0 Å². The molecular formula is C65H132N2O6P+. The average Bonchev–Trinajstić information content (AvgIpc) is 3.36. The standard InChI is InChI=1S/C65H131N2O6P/c1-6-8-10-12-14-16-18-20-22-24-26-27-28-29-30-31-32-33-34-35-36-37-38-39-40-41-43-45-47-49-51-53-55-57-59-65(69)66-63(62-73-74(70,71)72-61-60-67(3,4)5)64(68)58-56-54-52-50-48-46-44-42-25-23-21-19-17-15-13-11-9-7-2/h56,58,63-64,68H,6-55,57,59-62H2,1-5H3,(H-,66,69,70,71)/p+1/b58-56+. The molecule has 0 spiro atoms. The molecule has 8 nitrogen and oxygen atoms in total. The number of nitrogens with zero attached hydrogens (tertiary/aromatic N) is 1. The molecule has 0 heterocycles. The number of phosphoric ester groups is 1. The maximum absolute atomic E-state index is 13.0. The Morgan fingerprint density at radius 3 is 1.00 bits per heavy atom. The van der Waals surface area contributed by atoms with Crippen LogP contribution in [-0.4, -0.2) is 73.4 Å². The smallest absolute Gasteiger partial charge is 0.387 e. The lowest BCUT2D eigenvalue weighted by Crippen LogP contribution is -2.45. The molecule has 74 heavy (non-hydrogen) atoms. The zero-order chi connectivity index (χ0) is 54.2. The largest absolute Gasteiger partial charge is 0.472 e. The highest BCUT2D eigenvalue weighted by Gasteiger charge is 2.28. The Balaban J connectivity index is 3.97. The van der Waals surface area contributed by atoms with Crippen molar-refractivity contribution in [1.82, 2.24) is 5.32 Å². The van der Waals surface area contributed by atoms with E-state index in [1.165, 1.54) is 295 Å². The molecule has 0 aromatic carbocycles. The summed E-state index contributed by atoms with van der Waals surface area (Å²) in [5.74, 6) is -0.168. The number of likely N-dealkylation sites (N-methyl/N-ethyl adjacent to an activating group) is 1. The lowest BCUT2D eigenvalue weighted by Gasteiger charge is -2.25. The predicted octanol–water partition coefficient (Wildman–Crippen LogP) is 20.6. The Bertz CT molecular complexity index is 1210. The number of carbonyl (C=O) groups is 1. The summed E-state index contributed by atoms with van der Waals surface area (Å²) >= 11 is 0. The first-order valence-electron chi connectivity index (χ1n) is 33.1. The van der Waals surface area contributed by atoms with Gasteiger partial charge in [0.2, 0.25) is 5.91 Å². The van der Waals surface area contributed by atoms with Crippen LogP contribution in [0.3, 0.4) is 0 Å². The summed E-state index contributed by atoms with van der Waals surface area (Å²) in [7, 11) is 1.59. The third-order valence-corrected chi connectivity index (χ3v) is 16.5. The Kier molecular flexibility index (Phi) is 56.4. The van der Waals surface area contributed by atoms with Gasteiger partial charge in [-0.1, -0.05) is 334 Å². The van der Waals surface area contributed by atoms with Crippen molar-refractivity contribution in [1.29, 1.82) is 0 Å². The Labute approximate surface area is 462 Å². The molecule has 0 saturated heterocycles. The number of hydrogen-bond donors (Lipinski definition) is 3. The van der Waals surface area contributed by atoms with E-state index in [-0.39, 0.29) is 19.1 Å². The number of unbranched alkanes of at least 4 members (excludes halogenated alkanes) is 49. The fourth-order valence-electron chi connectivity index (χ4n) is 10.3. The van der Waals surface area contributed by atoms with Gasteiger partial charge in [-0.2, -0.15) is 0 Å². The number of amides is 1. The van der Waals surface area contributed by atoms with Crippen molar-refractivity contribution in [2.24, 2.45) is 0 Å². The number of allylic oxidation sites excluding steroid dienone is 1. The Hall–Kier alpha value is -0.760. The molecule has 9 heteroatoms. The van der Waals surface area contributed by atoms with Gasteiger partial charge >= 0.3 is 7.82 Å². The van der Waals surface area contributed by atoms with Crippen molar-refractivity contribution in [3.05, 3.63) is 12.2 Å². The fraction of sp³-hybridized carbons (Fsp3) is 0.954. The SMILES string of the molecule is CCCCCCCCCCCCCCCCCC/C=C/C(O)C(COP(=O)(O)OCC[N+](C)(C)C)NC(=O)CCCCCCCCCCCCCCCCCCCCCCCCCCCCCCCCCCCC. The average molecular weight is 1070 g/mol. The van der Waals surface area contributed by atoms with Gasteiger partial charge in [0.25, 0.3) is 0 Å². The first kappa shape index (κ1) is 73.2. The molecule has 0 rings (SSSR count). The highest BCUT2D eigenvalue weighted by Crippen LogP contribution is 2.43. The second-order valence-corrected chi connectivity index (χ2v) is 25.7. The molecule has 0 aliphatic heterocycles. The fourth-order valence-corrected chi connectivity index (χ4v) is 11.1. The van der Waals surface area contributed by atoms with Crippen LogP contribution in [0.1, 0.15) is 348 Å². The maximum Gasteiger partial charge on any atom is 0.472 e. The number of hydrogen-bond acceptors (Lipinski definition) is 5. The van der Waals surface area contributed by atoms with Gasteiger partial charge < -0.3 is 19.8 Å². The van der Waals surface area contributed by atoms with Crippen LogP contribution in [-0.2, 0) is 18.4 Å². The second kappa shape index (κ2) is 56.9. The number of nitrogens with one attached hydrogen (secondary N) is 1. The van der Waals surface area contributed by atoms with Crippen LogP contribution < -0.4 is 5.32 Å². The van der Waals surface area contributed by atoms with Crippen LogP contribution in [0.5, 0.6) is 0 Å². The van der Waals surface area contributed by atoms with Gasteiger partial charge in [-0.05, 0) is 19.3 Å². The summed E-state index contributed by atoms with van der Waals surface area (Å²) in [4.78, 5) is 23.4. The van der Waals surface area contributed by atoms with E-state index in [1.54, 1.807) is 6.08 Å². The molecule has 0 saturated carbocycles. The molecule has 0 fully saturated rings. The Morgan fingerprint density at radius 1 is 0.446 bits per heavy atom. The molecule has 0 aromatic heterocycles. The molecule has 0 aromatic rings. The van der Waals surface area contributed by atoms with E-state index in [2.05, 4.69) is 19.2 Å². The topological polar surface area (TPSA) is 105 Å². The van der Waals surface area contributed by atoms with E-state index >= 15 is 0 Å². The monoisotopic (exact) mass is 1070 g/mol. The van der Waals surface area contributed by atoms with E-state index in [0.29, 0.717) is 17.4 Å². The number of rotatable bonds is 62. The van der Waals surface area contributed by atoms with E-state index in [9.17, 15) is 19.4 Å². The van der Waals surface area contributed by atoms with Crippen LogP contribution in [0.25, 0.3) is 0 Å². The van der Waals surface area contributed by atoms with Crippen LogP contribution in [0.2, 0.25) is 0 Å². The minimum absolute atomic E-state index is 0.0653. The molecule has 3 unspecified atom stereocenters. The quantitative estimate of drug-likeness (QED) is 0.0243. The van der Waals surface area contributed by atoms with E-state index in [0.717, 1.165) is 32.1 Å². The number of carbonyl (C=O) groups excluding carboxylic acids is 1. The van der Waals surface area contributed by atoms with Crippen molar-refractivity contribution >= 4 is 13.7 Å².